The van der Waals surface area contributed by atoms with Crippen molar-refractivity contribution in [1.82, 2.24) is 0 Å². The first-order valence-corrected chi connectivity index (χ1v) is 9.90. The molecule has 0 spiro atoms. The van der Waals surface area contributed by atoms with Gasteiger partial charge in [0.2, 0.25) is 0 Å². The summed E-state index contributed by atoms with van der Waals surface area (Å²) in [6.07, 6.45) is 18.4. The Labute approximate surface area is 139 Å². The standard InChI is InChI=1S/C22H38/c1-3-5-7-8-9-11-16-21(15-6-4-2)19-14-20-22-17-12-10-13-18-22/h10,12-13,17-18,21H,3-9,11,14-16,19-20H2,1-2H3. The van der Waals surface area contributed by atoms with E-state index in [-0.39, 0.29) is 0 Å². The Bertz CT molecular complexity index is 327. The summed E-state index contributed by atoms with van der Waals surface area (Å²) in [7, 11) is 0. The van der Waals surface area contributed by atoms with Crippen molar-refractivity contribution in [3.05, 3.63) is 35.9 Å². The summed E-state index contributed by atoms with van der Waals surface area (Å²) < 4.78 is 0. The van der Waals surface area contributed by atoms with Gasteiger partial charge < -0.3 is 0 Å². The van der Waals surface area contributed by atoms with E-state index >= 15 is 0 Å². The summed E-state index contributed by atoms with van der Waals surface area (Å²) in [5.41, 5.74) is 1.51. The lowest BCUT2D eigenvalue weighted by Crippen LogP contribution is -2.02. The van der Waals surface area contributed by atoms with Gasteiger partial charge in [-0.05, 0) is 24.3 Å². The van der Waals surface area contributed by atoms with Crippen LogP contribution in [0.4, 0.5) is 0 Å². The first kappa shape index (κ1) is 19.3. The van der Waals surface area contributed by atoms with Crippen LogP contribution in [0.15, 0.2) is 30.3 Å². The molecule has 0 aliphatic rings. The van der Waals surface area contributed by atoms with Gasteiger partial charge in [0, 0.05) is 0 Å². The predicted octanol–water partition coefficient (Wildman–Crippen LogP) is 7.57. The lowest BCUT2D eigenvalue weighted by Gasteiger charge is -2.16. The highest BCUT2D eigenvalue weighted by Gasteiger charge is 2.08. The van der Waals surface area contributed by atoms with Crippen LogP contribution in [0.2, 0.25) is 0 Å². The van der Waals surface area contributed by atoms with Gasteiger partial charge in [-0.1, -0.05) is 115 Å². The maximum atomic E-state index is 2.33. The van der Waals surface area contributed by atoms with Gasteiger partial charge in [0.1, 0.15) is 0 Å². The Morgan fingerprint density at radius 1 is 0.636 bits per heavy atom. The van der Waals surface area contributed by atoms with E-state index in [0.717, 1.165) is 5.92 Å². The van der Waals surface area contributed by atoms with Crippen LogP contribution in [-0.2, 0) is 6.42 Å². The quantitative estimate of drug-likeness (QED) is 0.311. The monoisotopic (exact) mass is 302 g/mol. The molecular weight excluding hydrogens is 264 g/mol. The average Bonchev–Trinajstić information content (AvgIpc) is 2.56. The van der Waals surface area contributed by atoms with E-state index in [1.165, 1.54) is 89.0 Å². The fourth-order valence-electron chi connectivity index (χ4n) is 3.38. The molecule has 0 fully saturated rings. The minimum Gasteiger partial charge on any atom is -0.0654 e. The average molecular weight is 303 g/mol. The second-order valence-corrected chi connectivity index (χ2v) is 6.94. The van der Waals surface area contributed by atoms with Crippen molar-refractivity contribution >= 4 is 0 Å². The second-order valence-electron chi connectivity index (χ2n) is 6.94. The Balaban J connectivity index is 2.16. The highest BCUT2D eigenvalue weighted by molar-refractivity contribution is 5.14. The normalized spacial score (nSPS) is 12.5. The van der Waals surface area contributed by atoms with Gasteiger partial charge in [0.25, 0.3) is 0 Å². The predicted molar refractivity (Wildman–Crippen MR) is 100 cm³/mol. The van der Waals surface area contributed by atoms with Crippen LogP contribution in [0, 0.1) is 5.92 Å². The summed E-state index contributed by atoms with van der Waals surface area (Å²) in [5, 5.41) is 0. The zero-order chi connectivity index (χ0) is 15.9. The summed E-state index contributed by atoms with van der Waals surface area (Å²) >= 11 is 0. The molecule has 1 atom stereocenters. The molecule has 0 aliphatic heterocycles. The molecule has 1 unspecified atom stereocenters. The lowest BCUT2D eigenvalue weighted by atomic mass is 9.90. The topological polar surface area (TPSA) is 0 Å². The third-order valence-electron chi connectivity index (χ3n) is 4.85. The number of hydrogen-bond donors (Lipinski definition) is 0. The van der Waals surface area contributed by atoms with Crippen LogP contribution in [0.5, 0.6) is 0 Å². The van der Waals surface area contributed by atoms with E-state index in [9.17, 15) is 0 Å². The maximum Gasteiger partial charge on any atom is -0.0279 e. The van der Waals surface area contributed by atoms with Gasteiger partial charge >= 0.3 is 0 Å². The van der Waals surface area contributed by atoms with Gasteiger partial charge in [-0.15, -0.1) is 0 Å². The molecule has 0 heteroatoms. The second kappa shape index (κ2) is 13.9. The third kappa shape index (κ3) is 10.0. The lowest BCUT2D eigenvalue weighted by molar-refractivity contribution is 0.378. The summed E-state index contributed by atoms with van der Waals surface area (Å²) in [6.45, 7) is 4.62. The Morgan fingerprint density at radius 3 is 1.95 bits per heavy atom. The van der Waals surface area contributed by atoms with Crippen molar-refractivity contribution in [2.75, 3.05) is 0 Å². The molecule has 22 heavy (non-hydrogen) atoms. The molecule has 0 bridgehead atoms. The number of unbranched alkanes of at least 4 members (excludes halogenated alkanes) is 6. The minimum atomic E-state index is 0.981. The van der Waals surface area contributed by atoms with E-state index in [0.29, 0.717) is 0 Å². The first-order valence-electron chi connectivity index (χ1n) is 9.90. The maximum absolute atomic E-state index is 2.33. The fourth-order valence-corrected chi connectivity index (χ4v) is 3.38. The summed E-state index contributed by atoms with van der Waals surface area (Å²) in [5.74, 6) is 0.981. The SMILES string of the molecule is CCCCCCCCC(CCCC)CCCc1ccccc1. The molecular formula is C22H38. The van der Waals surface area contributed by atoms with Crippen molar-refractivity contribution in [2.45, 2.75) is 97.3 Å². The summed E-state index contributed by atoms with van der Waals surface area (Å²) in [4.78, 5) is 0. The van der Waals surface area contributed by atoms with Crippen LogP contribution < -0.4 is 0 Å². The van der Waals surface area contributed by atoms with E-state index in [4.69, 9.17) is 0 Å². The van der Waals surface area contributed by atoms with Crippen LogP contribution >= 0.6 is 0 Å². The first-order chi connectivity index (χ1) is 10.9. The summed E-state index contributed by atoms with van der Waals surface area (Å²) in [6, 6.07) is 11.0. The van der Waals surface area contributed by atoms with Gasteiger partial charge in [-0.3, -0.25) is 0 Å². The number of benzene rings is 1. The van der Waals surface area contributed by atoms with Crippen LogP contribution in [-0.4, -0.2) is 0 Å². The van der Waals surface area contributed by atoms with Crippen LogP contribution in [0.1, 0.15) is 96.5 Å². The molecule has 0 heterocycles. The number of rotatable bonds is 14. The van der Waals surface area contributed by atoms with Crippen molar-refractivity contribution in [3.8, 4) is 0 Å². The van der Waals surface area contributed by atoms with Gasteiger partial charge in [-0.2, -0.15) is 0 Å². The molecule has 1 rings (SSSR count). The van der Waals surface area contributed by atoms with Gasteiger partial charge in [0.05, 0.1) is 0 Å². The minimum absolute atomic E-state index is 0.981. The molecule has 0 aromatic heterocycles. The Morgan fingerprint density at radius 2 is 1.23 bits per heavy atom. The highest BCUT2D eigenvalue weighted by atomic mass is 14.1. The molecule has 0 saturated carbocycles. The fraction of sp³-hybridized carbons (Fsp3) is 0.727. The molecule has 126 valence electrons. The van der Waals surface area contributed by atoms with Crippen molar-refractivity contribution < 1.29 is 0 Å². The Hall–Kier alpha value is -0.780. The largest absolute Gasteiger partial charge is 0.0654 e. The van der Waals surface area contributed by atoms with Crippen LogP contribution in [0.3, 0.4) is 0 Å². The molecule has 0 aliphatic carbocycles. The van der Waals surface area contributed by atoms with Gasteiger partial charge in [0.15, 0.2) is 0 Å². The number of hydrogen-bond acceptors (Lipinski definition) is 0. The van der Waals surface area contributed by atoms with E-state index in [1.54, 1.807) is 0 Å². The smallest absolute Gasteiger partial charge is 0.0279 e. The highest BCUT2D eigenvalue weighted by Crippen LogP contribution is 2.23. The van der Waals surface area contributed by atoms with E-state index < -0.39 is 0 Å². The third-order valence-corrected chi connectivity index (χ3v) is 4.85. The van der Waals surface area contributed by atoms with E-state index in [1.807, 2.05) is 0 Å². The zero-order valence-corrected chi connectivity index (χ0v) is 15.2. The Kier molecular flexibility index (Phi) is 12.1. The molecule has 1 aromatic rings. The van der Waals surface area contributed by atoms with Crippen molar-refractivity contribution in [2.24, 2.45) is 5.92 Å². The molecule has 0 radical (unpaired) electrons. The number of aryl methyl sites for hydroxylation is 1. The molecule has 0 N–H and O–H groups in total. The van der Waals surface area contributed by atoms with Crippen molar-refractivity contribution in [1.29, 1.82) is 0 Å². The molecule has 0 nitrogen and oxygen atoms in total. The zero-order valence-electron chi connectivity index (χ0n) is 15.2. The molecule has 1 aromatic carbocycles. The molecule has 0 amide bonds. The van der Waals surface area contributed by atoms with E-state index in [2.05, 4.69) is 44.2 Å². The van der Waals surface area contributed by atoms with Gasteiger partial charge in [-0.25, -0.2) is 0 Å². The van der Waals surface area contributed by atoms with Crippen LogP contribution in [0.25, 0.3) is 0 Å². The molecule has 0 saturated heterocycles. The van der Waals surface area contributed by atoms with Crippen molar-refractivity contribution in [3.63, 3.8) is 0 Å².